The number of halogens is 3. The summed E-state index contributed by atoms with van der Waals surface area (Å²) < 4.78 is 33.2. The number of phenolic OH excluding ortho intramolecular Hbond substituents is 1. The van der Waals surface area contributed by atoms with Crippen LogP contribution in [-0.2, 0) is 0 Å². The highest BCUT2D eigenvalue weighted by molar-refractivity contribution is 9.10. The largest absolute Gasteiger partial charge is 0.504 e. The summed E-state index contributed by atoms with van der Waals surface area (Å²) in [5, 5.41) is 12.0. The van der Waals surface area contributed by atoms with Gasteiger partial charge in [0.05, 0.1) is 15.4 Å². The van der Waals surface area contributed by atoms with Crippen LogP contribution in [0.15, 0.2) is 39.2 Å². The fraction of sp³-hybridized carbons (Fsp3) is 0.0625. The van der Waals surface area contributed by atoms with Gasteiger partial charge in [-0.05, 0) is 46.3 Å². The number of hydrogen-bond donors (Lipinski definition) is 2. The van der Waals surface area contributed by atoms with Crippen LogP contribution in [0.25, 0.3) is 22.3 Å². The lowest BCUT2D eigenvalue weighted by molar-refractivity contribution is 0.0964. The Morgan fingerprint density at radius 1 is 1.26 bits per heavy atom. The number of benzene rings is 2. The van der Waals surface area contributed by atoms with Crippen LogP contribution in [0.1, 0.15) is 10.4 Å². The first-order valence-electron chi connectivity index (χ1n) is 6.55. The lowest BCUT2D eigenvalue weighted by Gasteiger charge is -2.03. The van der Waals surface area contributed by atoms with Crippen LogP contribution in [0.2, 0.25) is 0 Å². The summed E-state index contributed by atoms with van der Waals surface area (Å²) >= 11 is 3.02. The van der Waals surface area contributed by atoms with Crippen molar-refractivity contribution in [1.82, 2.24) is 5.32 Å². The van der Waals surface area contributed by atoms with E-state index < -0.39 is 23.3 Å². The summed E-state index contributed by atoms with van der Waals surface area (Å²) in [6, 6.07) is 6.63. The molecule has 0 saturated heterocycles. The summed E-state index contributed by atoms with van der Waals surface area (Å²) in [5.74, 6) is -2.52. The smallest absolute Gasteiger partial charge is 0.255 e. The van der Waals surface area contributed by atoms with Crippen LogP contribution in [-0.4, -0.2) is 18.1 Å². The first-order valence-corrected chi connectivity index (χ1v) is 7.34. The zero-order valence-electron chi connectivity index (χ0n) is 11.8. The van der Waals surface area contributed by atoms with Crippen molar-refractivity contribution in [2.45, 2.75) is 0 Å². The molecule has 0 radical (unpaired) electrons. The number of carbonyl (C=O) groups excluding carboxylic acids is 1. The summed E-state index contributed by atoms with van der Waals surface area (Å²) in [6.45, 7) is 0. The van der Waals surface area contributed by atoms with E-state index in [1.807, 2.05) is 0 Å². The van der Waals surface area contributed by atoms with Gasteiger partial charge in [-0.3, -0.25) is 4.79 Å². The van der Waals surface area contributed by atoms with E-state index >= 15 is 0 Å². The molecule has 4 nitrogen and oxygen atoms in total. The molecular weight excluding hydrogens is 372 g/mol. The molecule has 0 unspecified atom stereocenters. The lowest BCUT2D eigenvalue weighted by Crippen LogP contribution is -2.18. The number of amides is 1. The summed E-state index contributed by atoms with van der Waals surface area (Å²) in [6.07, 6.45) is 0. The first-order chi connectivity index (χ1) is 10.9. The Labute approximate surface area is 137 Å². The number of carbonyl (C=O) groups is 1. The number of fused-ring (bicyclic) bond motifs is 1. The van der Waals surface area contributed by atoms with E-state index in [4.69, 9.17) is 4.42 Å². The molecule has 0 atom stereocenters. The van der Waals surface area contributed by atoms with E-state index in [1.165, 1.54) is 37.4 Å². The van der Waals surface area contributed by atoms with Crippen molar-refractivity contribution in [2.24, 2.45) is 0 Å². The predicted octanol–water partition coefficient (Wildman–Crippen LogP) is 4.21. The number of aromatic hydroxyl groups is 1. The number of nitrogens with one attached hydrogen (secondary N) is 1. The molecule has 0 aliphatic rings. The van der Waals surface area contributed by atoms with Crippen LogP contribution in [0.4, 0.5) is 8.78 Å². The van der Waals surface area contributed by atoms with Crippen LogP contribution in [0, 0.1) is 11.6 Å². The molecule has 118 valence electrons. The van der Waals surface area contributed by atoms with Gasteiger partial charge in [0.15, 0.2) is 11.6 Å². The molecule has 0 aliphatic heterocycles. The molecule has 0 bridgehead atoms. The minimum Gasteiger partial charge on any atom is -0.504 e. The van der Waals surface area contributed by atoms with Crippen LogP contribution in [0.3, 0.4) is 0 Å². The fourth-order valence-electron chi connectivity index (χ4n) is 2.32. The zero-order chi connectivity index (χ0) is 16.7. The standard InChI is InChI=1S/C16H10BrF2NO3/c1-20-16(22)12-11-10(6-9(17)14(21)13(11)19)23-15(12)7-2-4-8(18)5-3-7/h2-6,21H,1H3,(H,20,22). The van der Waals surface area contributed by atoms with Gasteiger partial charge in [0.25, 0.3) is 5.91 Å². The number of rotatable bonds is 2. The Balaban J connectivity index is 2.40. The second kappa shape index (κ2) is 5.66. The van der Waals surface area contributed by atoms with E-state index in [2.05, 4.69) is 21.2 Å². The second-order valence-electron chi connectivity index (χ2n) is 4.79. The van der Waals surface area contributed by atoms with Gasteiger partial charge in [-0.15, -0.1) is 0 Å². The number of hydrogen-bond acceptors (Lipinski definition) is 3. The van der Waals surface area contributed by atoms with Crippen molar-refractivity contribution < 1.29 is 23.1 Å². The van der Waals surface area contributed by atoms with Crippen molar-refractivity contribution in [1.29, 1.82) is 0 Å². The average molecular weight is 382 g/mol. The summed E-state index contributed by atoms with van der Waals surface area (Å²) in [4.78, 5) is 12.2. The van der Waals surface area contributed by atoms with Crippen molar-refractivity contribution >= 4 is 32.8 Å². The maximum absolute atomic E-state index is 14.4. The molecule has 3 rings (SSSR count). The molecule has 0 fully saturated rings. The molecule has 23 heavy (non-hydrogen) atoms. The maximum Gasteiger partial charge on any atom is 0.255 e. The predicted molar refractivity (Wildman–Crippen MR) is 84.3 cm³/mol. The third-order valence-electron chi connectivity index (χ3n) is 3.41. The van der Waals surface area contributed by atoms with Crippen molar-refractivity contribution in [2.75, 3.05) is 7.05 Å². The van der Waals surface area contributed by atoms with Gasteiger partial charge in [-0.2, -0.15) is 0 Å². The highest BCUT2D eigenvalue weighted by atomic mass is 79.9. The number of furan rings is 1. The average Bonchev–Trinajstić information content (AvgIpc) is 2.92. The van der Waals surface area contributed by atoms with Crippen molar-refractivity contribution in [3.8, 4) is 17.1 Å². The monoisotopic (exact) mass is 381 g/mol. The molecule has 1 amide bonds. The molecule has 0 spiro atoms. The van der Waals surface area contributed by atoms with E-state index in [0.717, 1.165) is 0 Å². The molecule has 0 saturated carbocycles. The maximum atomic E-state index is 14.4. The molecule has 3 aromatic rings. The first kappa shape index (κ1) is 15.5. The Morgan fingerprint density at radius 3 is 2.52 bits per heavy atom. The molecule has 1 aromatic heterocycles. The van der Waals surface area contributed by atoms with Gasteiger partial charge in [-0.25, -0.2) is 8.78 Å². The van der Waals surface area contributed by atoms with Gasteiger partial charge >= 0.3 is 0 Å². The quantitative estimate of drug-likeness (QED) is 0.698. The van der Waals surface area contributed by atoms with E-state index in [0.29, 0.717) is 5.56 Å². The Kier molecular flexibility index (Phi) is 3.81. The Hall–Kier alpha value is -2.41. The highest BCUT2D eigenvalue weighted by Gasteiger charge is 2.26. The minimum absolute atomic E-state index is 0.0607. The summed E-state index contributed by atoms with van der Waals surface area (Å²) in [5.41, 5.74) is 0.440. The highest BCUT2D eigenvalue weighted by Crippen LogP contribution is 2.40. The molecular formula is C16H10BrF2NO3. The SMILES string of the molecule is CNC(=O)c1c(-c2ccc(F)cc2)oc2cc(Br)c(O)c(F)c12. The third kappa shape index (κ3) is 2.46. The second-order valence-corrected chi connectivity index (χ2v) is 5.64. The van der Waals surface area contributed by atoms with Gasteiger partial charge in [0.2, 0.25) is 0 Å². The molecule has 0 aliphatic carbocycles. The Bertz CT molecular complexity index is 919. The van der Waals surface area contributed by atoms with Crippen LogP contribution >= 0.6 is 15.9 Å². The molecule has 2 aromatic carbocycles. The normalized spacial score (nSPS) is 11.0. The summed E-state index contributed by atoms with van der Waals surface area (Å²) in [7, 11) is 1.40. The molecule has 1 heterocycles. The van der Waals surface area contributed by atoms with E-state index in [9.17, 15) is 18.7 Å². The fourth-order valence-corrected chi connectivity index (χ4v) is 2.70. The van der Waals surface area contributed by atoms with Gasteiger partial charge in [0, 0.05) is 12.6 Å². The minimum atomic E-state index is -0.968. The van der Waals surface area contributed by atoms with Crippen molar-refractivity contribution in [3.63, 3.8) is 0 Å². The van der Waals surface area contributed by atoms with Crippen molar-refractivity contribution in [3.05, 3.63) is 52.0 Å². The lowest BCUT2D eigenvalue weighted by atomic mass is 10.0. The van der Waals surface area contributed by atoms with Crippen LogP contribution < -0.4 is 5.32 Å². The van der Waals surface area contributed by atoms with Gasteiger partial charge < -0.3 is 14.8 Å². The Morgan fingerprint density at radius 2 is 1.91 bits per heavy atom. The molecule has 7 heteroatoms. The zero-order valence-corrected chi connectivity index (χ0v) is 13.4. The van der Waals surface area contributed by atoms with Gasteiger partial charge in [0.1, 0.15) is 17.2 Å². The topological polar surface area (TPSA) is 62.5 Å². The van der Waals surface area contributed by atoms with E-state index in [1.54, 1.807) is 0 Å². The van der Waals surface area contributed by atoms with Gasteiger partial charge in [-0.1, -0.05) is 0 Å². The van der Waals surface area contributed by atoms with Crippen LogP contribution in [0.5, 0.6) is 5.75 Å². The third-order valence-corrected chi connectivity index (χ3v) is 4.01. The number of phenols is 1. The molecule has 2 N–H and O–H groups in total. The van der Waals surface area contributed by atoms with E-state index in [-0.39, 0.29) is 26.8 Å².